The molecule has 1 aromatic carbocycles. The summed E-state index contributed by atoms with van der Waals surface area (Å²) in [5, 5.41) is 8.37. The normalized spacial score (nSPS) is 12.5. The summed E-state index contributed by atoms with van der Waals surface area (Å²) in [4.78, 5) is 4.65. The smallest absolute Gasteiger partial charge is 0.208 e. The molecule has 2 N–H and O–H groups in total. The van der Waals surface area contributed by atoms with E-state index in [1.54, 1.807) is 11.8 Å². The molecule has 0 radical (unpaired) electrons. The molecule has 1 atom stereocenters. The van der Waals surface area contributed by atoms with E-state index in [9.17, 15) is 0 Å². The van der Waals surface area contributed by atoms with E-state index < -0.39 is 0 Å². The monoisotopic (exact) mass is 332 g/mol. The maximum absolute atomic E-state index is 6.03. The number of hydrogen-bond acceptors (Lipinski definition) is 7. The largest absolute Gasteiger partial charge is 0.439 e. The van der Waals surface area contributed by atoms with Crippen molar-refractivity contribution in [2.24, 2.45) is 0 Å². The van der Waals surface area contributed by atoms with Crippen molar-refractivity contribution in [1.29, 1.82) is 0 Å². The van der Waals surface area contributed by atoms with Crippen molar-refractivity contribution in [3.63, 3.8) is 0 Å². The molecule has 5 nitrogen and oxygen atoms in total. The zero-order valence-electron chi connectivity index (χ0n) is 12.3. The first kappa shape index (κ1) is 15.1. The minimum absolute atomic E-state index is 0.0510. The first-order valence-electron chi connectivity index (χ1n) is 6.98. The number of thioether (sulfide) groups is 1. The van der Waals surface area contributed by atoms with Crippen molar-refractivity contribution >= 4 is 28.2 Å². The highest BCUT2D eigenvalue weighted by Gasteiger charge is 2.20. The minimum Gasteiger partial charge on any atom is -0.439 e. The SMILES string of the molecule is CCc1nc([C@H](C)Sc2nnc(N)s2)oc1-c1ccccc1. The molecule has 0 aliphatic carbocycles. The highest BCUT2D eigenvalue weighted by Crippen LogP contribution is 2.38. The quantitative estimate of drug-likeness (QED) is 0.706. The van der Waals surface area contributed by atoms with E-state index in [1.807, 2.05) is 37.3 Å². The molecule has 22 heavy (non-hydrogen) atoms. The van der Waals surface area contributed by atoms with Crippen LogP contribution in [0.3, 0.4) is 0 Å². The summed E-state index contributed by atoms with van der Waals surface area (Å²) in [5.41, 5.74) is 7.64. The summed E-state index contributed by atoms with van der Waals surface area (Å²) < 4.78 is 6.85. The van der Waals surface area contributed by atoms with Gasteiger partial charge in [0, 0.05) is 5.56 Å². The van der Waals surface area contributed by atoms with Gasteiger partial charge >= 0.3 is 0 Å². The number of benzene rings is 1. The molecule has 0 saturated carbocycles. The zero-order chi connectivity index (χ0) is 15.5. The van der Waals surface area contributed by atoms with Crippen LogP contribution in [0.2, 0.25) is 0 Å². The van der Waals surface area contributed by atoms with E-state index in [0.29, 0.717) is 11.0 Å². The van der Waals surface area contributed by atoms with Crippen LogP contribution < -0.4 is 5.73 Å². The highest BCUT2D eigenvalue weighted by atomic mass is 32.2. The molecule has 0 saturated heterocycles. The number of nitrogen functional groups attached to an aromatic ring is 1. The average molecular weight is 332 g/mol. The minimum atomic E-state index is 0.0510. The van der Waals surface area contributed by atoms with Gasteiger partial charge in [-0.2, -0.15) is 0 Å². The fourth-order valence-corrected chi connectivity index (χ4v) is 3.88. The molecule has 2 heterocycles. The van der Waals surface area contributed by atoms with Crippen molar-refractivity contribution in [3.8, 4) is 11.3 Å². The number of aryl methyl sites for hydroxylation is 1. The van der Waals surface area contributed by atoms with Crippen LogP contribution in [0.15, 0.2) is 39.1 Å². The summed E-state index contributed by atoms with van der Waals surface area (Å²) in [6, 6.07) is 10.1. The van der Waals surface area contributed by atoms with Gasteiger partial charge in [-0.1, -0.05) is 60.4 Å². The lowest BCUT2D eigenvalue weighted by molar-refractivity contribution is 0.510. The van der Waals surface area contributed by atoms with Crippen molar-refractivity contribution in [2.45, 2.75) is 29.9 Å². The number of aromatic nitrogens is 3. The Morgan fingerprint density at radius 3 is 2.68 bits per heavy atom. The van der Waals surface area contributed by atoms with Crippen LogP contribution in [-0.4, -0.2) is 15.2 Å². The second-order valence-corrected chi connectivity index (χ2v) is 7.31. The van der Waals surface area contributed by atoms with Gasteiger partial charge in [-0.15, -0.1) is 10.2 Å². The standard InChI is InChI=1S/C15H16N4OS2/c1-3-11-12(10-7-5-4-6-8-10)20-13(17-11)9(2)21-15-19-18-14(16)22-15/h4-9H,3H2,1-2H3,(H2,16,18)/t9-/m0/s1. The Bertz CT molecular complexity index is 754. The molecule has 114 valence electrons. The number of nitrogens with zero attached hydrogens (tertiary/aromatic N) is 3. The van der Waals surface area contributed by atoms with Gasteiger partial charge in [-0.3, -0.25) is 0 Å². The molecule has 7 heteroatoms. The summed E-state index contributed by atoms with van der Waals surface area (Å²) in [6.45, 7) is 4.12. The molecule has 2 aromatic heterocycles. The second kappa shape index (κ2) is 6.50. The van der Waals surface area contributed by atoms with E-state index in [2.05, 4.69) is 22.1 Å². The summed E-state index contributed by atoms with van der Waals surface area (Å²) >= 11 is 2.93. The molecule has 0 fully saturated rings. The third kappa shape index (κ3) is 3.15. The Balaban J connectivity index is 1.87. The van der Waals surface area contributed by atoms with E-state index >= 15 is 0 Å². The maximum Gasteiger partial charge on any atom is 0.208 e. The maximum atomic E-state index is 6.03. The van der Waals surface area contributed by atoms with E-state index in [0.717, 1.165) is 27.8 Å². The summed E-state index contributed by atoms with van der Waals surface area (Å²) in [5.74, 6) is 1.55. The van der Waals surface area contributed by atoms with Crippen molar-refractivity contribution in [2.75, 3.05) is 5.73 Å². The topological polar surface area (TPSA) is 77.8 Å². The Hall–Kier alpha value is -1.86. The third-order valence-electron chi connectivity index (χ3n) is 3.13. The molecule has 0 aliphatic heterocycles. The van der Waals surface area contributed by atoms with E-state index in [1.165, 1.54) is 11.3 Å². The Morgan fingerprint density at radius 1 is 1.27 bits per heavy atom. The van der Waals surface area contributed by atoms with Gasteiger partial charge in [0.2, 0.25) is 11.0 Å². The predicted molar refractivity (Wildman–Crippen MR) is 89.9 cm³/mol. The number of rotatable bonds is 5. The van der Waals surface area contributed by atoms with Gasteiger partial charge < -0.3 is 10.2 Å². The third-order valence-corrected chi connectivity index (χ3v) is 5.06. The van der Waals surface area contributed by atoms with Crippen LogP contribution in [0.25, 0.3) is 11.3 Å². The van der Waals surface area contributed by atoms with Crippen molar-refractivity contribution < 1.29 is 4.42 Å². The van der Waals surface area contributed by atoms with E-state index in [-0.39, 0.29) is 5.25 Å². The highest BCUT2D eigenvalue weighted by molar-refractivity contribution is 8.01. The number of hydrogen-bond donors (Lipinski definition) is 1. The molecular formula is C15H16N4OS2. The Kier molecular flexibility index (Phi) is 4.44. The number of anilines is 1. The zero-order valence-corrected chi connectivity index (χ0v) is 13.9. The lowest BCUT2D eigenvalue weighted by Crippen LogP contribution is -1.89. The molecule has 0 spiro atoms. The predicted octanol–water partition coefficient (Wildman–Crippen LogP) is 4.19. The first-order chi connectivity index (χ1) is 10.7. The number of oxazole rings is 1. The average Bonchev–Trinajstić information content (AvgIpc) is 3.14. The van der Waals surface area contributed by atoms with Crippen LogP contribution in [0.4, 0.5) is 5.13 Å². The Labute approximate surface area is 137 Å². The van der Waals surface area contributed by atoms with Crippen LogP contribution in [-0.2, 0) is 6.42 Å². The van der Waals surface area contributed by atoms with Gasteiger partial charge in [0.15, 0.2) is 10.1 Å². The van der Waals surface area contributed by atoms with Gasteiger partial charge in [0.05, 0.1) is 10.9 Å². The lowest BCUT2D eigenvalue weighted by Gasteiger charge is -2.03. The molecule has 3 rings (SSSR count). The molecular weight excluding hydrogens is 316 g/mol. The summed E-state index contributed by atoms with van der Waals surface area (Å²) in [6.07, 6.45) is 0.830. The molecule has 3 aromatic rings. The van der Waals surface area contributed by atoms with Crippen LogP contribution >= 0.6 is 23.1 Å². The lowest BCUT2D eigenvalue weighted by atomic mass is 10.1. The molecule has 0 amide bonds. The van der Waals surface area contributed by atoms with Gasteiger partial charge in [0.1, 0.15) is 0 Å². The van der Waals surface area contributed by atoms with Crippen LogP contribution in [0.5, 0.6) is 0 Å². The van der Waals surface area contributed by atoms with Gasteiger partial charge in [0.25, 0.3) is 0 Å². The van der Waals surface area contributed by atoms with Gasteiger partial charge in [-0.05, 0) is 13.3 Å². The summed E-state index contributed by atoms with van der Waals surface area (Å²) in [7, 11) is 0. The number of nitrogens with two attached hydrogens (primary N) is 1. The molecule has 0 bridgehead atoms. The molecule has 0 unspecified atom stereocenters. The molecule has 0 aliphatic rings. The Morgan fingerprint density at radius 2 is 2.05 bits per heavy atom. The van der Waals surface area contributed by atoms with Crippen molar-refractivity contribution in [1.82, 2.24) is 15.2 Å². The van der Waals surface area contributed by atoms with Crippen LogP contribution in [0.1, 0.15) is 30.7 Å². The fourth-order valence-electron chi connectivity index (χ4n) is 2.07. The van der Waals surface area contributed by atoms with Crippen molar-refractivity contribution in [3.05, 3.63) is 41.9 Å². The second-order valence-electron chi connectivity index (χ2n) is 4.71. The first-order valence-corrected chi connectivity index (χ1v) is 8.67. The fraction of sp³-hybridized carbons (Fsp3) is 0.267. The van der Waals surface area contributed by atoms with Gasteiger partial charge in [-0.25, -0.2) is 4.98 Å². The van der Waals surface area contributed by atoms with Crippen LogP contribution in [0, 0.1) is 0 Å². The van der Waals surface area contributed by atoms with E-state index in [4.69, 9.17) is 10.2 Å².